The molecule has 0 bridgehead atoms. The fourth-order valence-electron chi connectivity index (χ4n) is 5.11. The quantitative estimate of drug-likeness (QED) is 0.118. The molecule has 1 N–H and O–H groups in total. The van der Waals surface area contributed by atoms with Crippen molar-refractivity contribution < 1.29 is 9.53 Å². The number of nitrogens with zero attached hydrogens (tertiary/aromatic N) is 2. The van der Waals surface area contributed by atoms with Gasteiger partial charge < -0.3 is 19.2 Å². The van der Waals surface area contributed by atoms with Crippen LogP contribution in [-0.4, -0.2) is 39.7 Å². The molecule has 0 aromatic heterocycles. The van der Waals surface area contributed by atoms with Gasteiger partial charge in [-0.15, -0.1) is 0 Å². The normalized spacial score (nSPS) is 12.1. The summed E-state index contributed by atoms with van der Waals surface area (Å²) in [4.78, 5) is 6.86. The fraction of sp³-hybridized carbons (Fsp3) is 0.526. The monoisotopic (exact) mass is 604 g/mol. The Balaban J connectivity index is 0. The molecule has 5 heteroatoms. The Morgan fingerprint density at radius 1 is 0.791 bits per heavy atom. The van der Waals surface area contributed by atoms with Crippen molar-refractivity contribution in [3.8, 4) is 0 Å². The first kappa shape index (κ1) is 42.2. The van der Waals surface area contributed by atoms with E-state index < -0.39 is 8.32 Å². The van der Waals surface area contributed by atoms with Crippen molar-refractivity contribution in [1.29, 1.82) is 0 Å². The largest absolute Gasteiger partial charge is 0.407 e. The number of allylic oxidation sites excluding steroid dienone is 2. The first-order chi connectivity index (χ1) is 19.6. The van der Waals surface area contributed by atoms with Gasteiger partial charge in [0.1, 0.15) is 0 Å². The van der Waals surface area contributed by atoms with Gasteiger partial charge in [0.2, 0.25) is 13.1 Å². The van der Waals surface area contributed by atoms with E-state index in [1.165, 1.54) is 21.5 Å². The number of aliphatic hydroxyl groups excluding tert-OH is 1. The van der Waals surface area contributed by atoms with E-state index in [9.17, 15) is 0 Å². The van der Waals surface area contributed by atoms with Crippen LogP contribution in [0.5, 0.6) is 0 Å². The second kappa shape index (κ2) is 22.6. The topological polar surface area (TPSA) is 38.2 Å². The van der Waals surface area contributed by atoms with Crippen LogP contribution in [0.15, 0.2) is 85.0 Å². The van der Waals surface area contributed by atoms with Gasteiger partial charge in [-0.3, -0.25) is 0 Å². The zero-order valence-corrected chi connectivity index (χ0v) is 27.2. The van der Waals surface area contributed by atoms with Crippen molar-refractivity contribution in [1.82, 2.24) is 0 Å². The average molecular weight is 605 g/mol. The zero-order chi connectivity index (χ0) is 30.7. The highest BCUT2D eigenvalue weighted by Gasteiger charge is 2.50. The summed E-state index contributed by atoms with van der Waals surface area (Å²) in [6, 6.07) is 21.5. The molecule has 0 aliphatic carbocycles. The molecule has 43 heavy (non-hydrogen) atoms. The highest BCUT2D eigenvalue weighted by atomic mass is 28.4. The van der Waals surface area contributed by atoms with Gasteiger partial charge in [-0.25, -0.2) is 13.1 Å². The first-order valence-electron chi connectivity index (χ1n) is 14.9. The molecule has 2 aromatic carbocycles. The van der Waals surface area contributed by atoms with Crippen LogP contribution in [0.1, 0.15) is 88.0 Å². The number of benzene rings is 2. The van der Waals surface area contributed by atoms with E-state index >= 15 is 0 Å². The molecule has 0 aliphatic heterocycles. The Bertz CT molecular complexity index is 1070. The van der Waals surface area contributed by atoms with Gasteiger partial charge in [-0.1, -0.05) is 134 Å². The van der Waals surface area contributed by atoms with E-state index in [1.54, 1.807) is 0 Å². The lowest BCUT2D eigenvalue weighted by Crippen LogP contribution is -2.66. The maximum absolute atomic E-state index is 8.95. The summed E-state index contributed by atoms with van der Waals surface area (Å²) < 4.78 is 7.07. The Morgan fingerprint density at radius 2 is 1.19 bits per heavy atom. The van der Waals surface area contributed by atoms with E-state index in [0.29, 0.717) is 25.6 Å². The summed E-state index contributed by atoms with van der Waals surface area (Å²) in [6.07, 6.45) is 5.40. The van der Waals surface area contributed by atoms with Gasteiger partial charge in [0, 0.05) is 26.1 Å². The molecule has 2 aromatic rings. The Hall–Kier alpha value is -2.96. The Kier molecular flexibility index (Phi) is 22.1. The molecule has 0 radical (unpaired) electrons. The molecular formula is C38H60N2O2Si. The van der Waals surface area contributed by atoms with Gasteiger partial charge in [0.15, 0.2) is 0 Å². The van der Waals surface area contributed by atoms with Crippen LogP contribution in [0.3, 0.4) is 0 Å². The molecule has 0 aliphatic rings. The summed E-state index contributed by atoms with van der Waals surface area (Å²) in [6.45, 7) is 35.0. The lowest BCUT2D eigenvalue weighted by atomic mass is 9.97. The molecule has 0 heterocycles. The highest BCUT2D eigenvalue weighted by Crippen LogP contribution is 2.37. The van der Waals surface area contributed by atoms with Crippen molar-refractivity contribution in [2.75, 3.05) is 26.3 Å². The fourth-order valence-corrected chi connectivity index (χ4v) is 9.75. The summed E-state index contributed by atoms with van der Waals surface area (Å²) in [5.74, 6) is 0.574. The standard InChI is InChI=1S/C26H35NOSi.C10H17NO.2CH4/c1-7-22(2)20-23(18-19-27-6)21-28-29(26(3,4)5,24-14-10-8-11-15-24)25-16-12-9-13-17-25;1-4-9(2)7-10(8-12)5-6-11-3;;/h8-17,23H,2,7,18-21H2,1,3-5H3;10,12H,2,4-8H2,1H3;2*1H4/t23-;10-;;/m11../s1. The van der Waals surface area contributed by atoms with Gasteiger partial charge in [0.05, 0.1) is 0 Å². The number of rotatable bonds is 16. The van der Waals surface area contributed by atoms with Crippen LogP contribution >= 0.6 is 0 Å². The molecule has 0 saturated carbocycles. The number of aliphatic hydroxyl groups is 1. The van der Waals surface area contributed by atoms with Gasteiger partial charge in [-0.2, -0.15) is 0 Å². The maximum Gasteiger partial charge on any atom is 0.261 e. The molecule has 238 valence electrons. The van der Waals surface area contributed by atoms with Crippen molar-refractivity contribution in [2.45, 2.75) is 93.0 Å². The molecule has 2 atom stereocenters. The van der Waals surface area contributed by atoms with Crippen LogP contribution in [0.25, 0.3) is 9.69 Å². The van der Waals surface area contributed by atoms with Gasteiger partial charge in [0.25, 0.3) is 8.32 Å². The maximum atomic E-state index is 8.95. The number of hydrogen-bond acceptors (Lipinski definition) is 2. The molecule has 0 unspecified atom stereocenters. The lowest BCUT2D eigenvalue weighted by molar-refractivity contribution is 0.220. The zero-order valence-electron chi connectivity index (χ0n) is 26.2. The Morgan fingerprint density at radius 3 is 1.53 bits per heavy atom. The third-order valence-electron chi connectivity index (χ3n) is 7.66. The van der Waals surface area contributed by atoms with Crippen LogP contribution in [0.4, 0.5) is 0 Å². The molecular weight excluding hydrogens is 545 g/mol. The molecule has 0 saturated heterocycles. The SMILES string of the molecule is C.C.[C-]#[N+]CC[C@@H](CO)CC(=C)CC.[C-]#[N+]CC[C@@H](CO[Si](c1ccccc1)(c1ccccc1)C(C)(C)C)CC(=C)CC. The third-order valence-corrected chi connectivity index (χ3v) is 12.7. The van der Waals surface area contributed by atoms with E-state index in [-0.39, 0.29) is 32.4 Å². The number of hydrogen-bond donors (Lipinski definition) is 1. The predicted molar refractivity (Wildman–Crippen MR) is 191 cm³/mol. The predicted octanol–water partition coefficient (Wildman–Crippen LogP) is 9.38. The van der Waals surface area contributed by atoms with Gasteiger partial charge >= 0.3 is 0 Å². The van der Waals surface area contributed by atoms with E-state index in [2.05, 4.69) is 118 Å². The molecule has 4 nitrogen and oxygen atoms in total. The van der Waals surface area contributed by atoms with Crippen LogP contribution in [0, 0.1) is 25.0 Å². The second-order valence-corrected chi connectivity index (χ2v) is 16.2. The molecule has 0 fully saturated rings. The van der Waals surface area contributed by atoms with Crippen molar-refractivity contribution in [3.05, 3.63) is 108 Å². The molecule has 2 rings (SSSR count). The minimum absolute atomic E-state index is 0. The third kappa shape index (κ3) is 13.9. The van der Waals surface area contributed by atoms with Crippen molar-refractivity contribution in [3.63, 3.8) is 0 Å². The van der Waals surface area contributed by atoms with Gasteiger partial charge in [-0.05, 0) is 52.9 Å². The summed E-state index contributed by atoms with van der Waals surface area (Å²) in [7, 11) is -2.52. The lowest BCUT2D eigenvalue weighted by Gasteiger charge is -2.43. The van der Waals surface area contributed by atoms with Crippen LogP contribution < -0.4 is 10.4 Å². The minimum atomic E-state index is -2.52. The van der Waals surface area contributed by atoms with E-state index in [1.807, 2.05) is 0 Å². The average Bonchev–Trinajstić information content (AvgIpc) is 2.98. The molecule has 0 amide bonds. The highest BCUT2D eigenvalue weighted by molar-refractivity contribution is 6.99. The van der Waals surface area contributed by atoms with E-state index in [4.69, 9.17) is 22.7 Å². The smallest absolute Gasteiger partial charge is 0.261 e. The summed E-state index contributed by atoms with van der Waals surface area (Å²) >= 11 is 0. The summed E-state index contributed by atoms with van der Waals surface area (Å²) in [5.41, 5.74) is 2.41. The minimum Gasteiger partial charge on any atom is -0.407 e. The molecule has 0 spiro atoms. The van der Waals surface area contributed by atoms with Crippen molar-refractivity contribution >= 4 is 18.7 Å². The van der Waals surface area contributed by atoms with Crippen molar-refractivity contribution in [2.24, 2.45) is 11.8 Å². The van der Waals surface area contributed by atoms with Crippen LogP contribution in [-0.2, 0) is 4.43 Å². The Labute approximate surface area is 266 Å². The second-order valence-electron chi connectivity index (χ2n) is 11.8. The van der Waals surface area contributed by atoms with E-state index in [0.717, 1.165) is 38.5 Å². The first-order valence-corrected chi connectivity index (χ1v) is 16.9. The van der Waals surface area contributed by atoms with Crippen LogP contribution in [0.2, 0.25) is 5.04 Å². The summed E-state index contributed by atoms with van der Waals surface area (Å²) in [5, 5.41) is 11.5.